The number of fused-ring (bicyclic) bond motifs is 1. The summed E-state index contributed by atoms with van der Waals surface area (Å²) in [6, 6.07) is 8.12. The summed E-state index contributed by atoms with van der Waals surface area (Å²) in [5, 5.41) is 2.77. The monoisotopic (exact) mass is 350 g/mol. The summed E-state index contributed by atoms with van der Waals surface area (Å²) in [6.07, 6.45) is 0. The Bertz CT molecular complexity index is 958. The standard InChI is InChI=1S/C17H14ClF2N3O/c1-9(12-5-3-11(19)7-14(12)20)21-8-16-22-15-6-10(18)2-4-13(15)17(24)23-16/h2-7,9,21H,8H2,1H3,(H,22,23,24)/p+1/t9-/m1/s1. The van der Waals surface area contributed by atoms with Crippen molar-refractivity contribution in [3.63, 3.8) is 0 Å². The van der Waals surface area contributed by atoms with E-state index in [0.717, 1.165) is 6.07 Å². The molecule has 1 atom stereocenters. The van der Waals surface area contributed by atoms with Crippen LogP contribution >= 0.6 is 11.6 Å². The van der Waals surface area contributed by atoms with Gasteiger partial charge in [-0.2, -0.15) is 0 Å². The van der Waals surface area contributed by atoms with E-state index in [0.29, 0.717) is 33.9 Å². The highest BCUT2D eigenvalue weighted by Gasteiger charge is 2.15. The molecule has 0 fully saturated rings. The predicted octanol–water partition coefficient (Wildman–Crippen LogP) is 2.68. The maximum absolute atomic E-state index is 13.8. The fourth-order valence-electron chi connectivity index (χ4n) is 2.54. The van der Waals surface area contributed by atoms with Gasteiger partial charge < -0.3 is 10.3 Å². The first-order valence-electron chi connectivity index (χ1n) is 7.41. The molecule has 7 heteroatoms. The Morgan fingerprint density at radius 2 is 2.04 bits per heavy atom. The van der Waals surface area contributed by atoms with Crippen molar-refractivity contribution >= 4 is 22.5 Å². The van der Waals surface area contributed by atoms with Crippen LogP contribution in [0.2, 0.25) is 5.02 Å². The van der Waals surface area contributed by atoms with E-state index < -0.39 is 11.6 Å². The molecule has 0 bridgehead atoms. The van der Waals surface area contributed by atoms with Gasteiger partial charge in [0, 0.05) is 16.7 Å². The molecule has 0 aliphatic rings. The van der Waals surface area contributed by atoms with E-state index in [4.69, 9.17) is 11.6 Å². The van der Waals surface area contributed by atoms with Gasteiger partial charge in [-0.15, -0.1) is 0 Å². The molecule has 0 saturated heterocycles. The van der Waals surface area contributed by atoms with Crippen LogP contribution in [0.25, 0.3) is 10.9 Å². The van der Waals surface area contributed by atoms with Crippen LogP contribution < -0.4 is 10.9 Å². The van der Waals surface area contributed by atoms with Crippen molar-refractivity contribution in [1.82, 2.24) is 9.97 Å². The molecule has 1 heterocycles. The smallest absolute Gasteiger partial charge is 0.258 e. The van der Waals surface area contributed by atoms with E-state index >= 15 is 0 Å². The molecule has 0 spiro atoms. The zero-order valence-corrected chi connectivity index (χ0v) is 13.6. The molecular weight excluding hydrogens is 336 g/mol. The minimum Gasteiger partial charge on any atom is -0.334 e. The molecule has 3 N–H and O–H groups in total. The summed E-state index contributed by atoms with van der Waals surface area (Å²) >= 11 is 5.93. The Morgan fingerprint density at radius 3 is 2.79 bits per heavy atom. The molecule has 1 aromatic heterocycles. The first kappa shape index (κ1) is 16.5. The van der Waals surface area contributed by atoms with E-state index in [-0.39, 0.29) is 11.6 Å². The summed E-state index contributed by atoms with van der Waals surface area (Å²) in [6.45, 7) is 2.14. The molecule has 0 radical (unpaired) electrons. The van der Waals surface area contributed by atoms with Gasteiger partial charge in [0.1, 0.15) is 24.2 Å². The third-order valence-corrected chi connectivity index (χ3v) is 4.07. The highest BCUT2D eigenvalue weighted by molar-refractivity contribution is 6.31. The van der Waals surface area contributed by atoms with Crippen molar-refractivity contribution in [1.29, 1.82) is 0 Å². The minimum absolute atomic E-state index is 0.249. The number of H-pyrrole nitrogens is 1. The number of nitrogens with one attached hydrogen (secondary N) is 1. The molecule has 0 saturated carbocycles. The molecule has 0 aliphatic carbocycles. The molecule has 3 aromatic rings. The van der Waals surface area contributed by atoms with Crippen LogP contribution in [0.15, 0.2) is 41.2 Å². The summed E-state index contributed by atoms with van der Waals surface area (Å²) in [4.78, 5) is 19.1. The molecule has 3 rings (SSSR count). The van der Waals surface area contributed by atoms with Crippen molar-refractivity contribution in [2.45, 2.75) is 19.5 Å². The van der Waals surface area contributed by atoms with Crippen molar-refractivity contribution in [3.8, 4) is 0 Å². The van der Waals surface area contributed by atoms with Crippen molar-refractivity contribution in [2.75, 3.05) is 0 Å². The maximum Gasteiger partial charge on any atom is 0.258 e. The number of nitrogens with zero attached hydrogens (tertiary/aromatic N) is 1. The first-order valence-corrected chi connectivity index (χ1v) is 7.78. The average Bonchev–Trinajstić information content (AvgIpc) is 2.52. The number of aromatic nitrogens is 2. The van der Waals surface area contributed by atoms with Gasteiger partial charge in [-0.05, 0) is 37.3 Å². The number of quaternary nitrogens is 1. The van der Waals surface area contributed by atoms with Crippen LogP contribution in [0.4, 0.5) is 8.78 Å². The average molecular weight is 351 g/mol. The van der Waals surface area contributed by atoms with Gasteiger partial charge in [0.2, 0.25) is 0 Å². The lowest BCUT2D eigenvalue weighted by atomic mass is 10.1. The summed E-state index contributed by atoms with van der Waals surface area (Å²) in [7, 11) is 0. The van der Waals surface area contributed by atoms with E-state index in [1.165, 1.54) is 12.1 Å². The Morgan fingerprint density at radius 1 is 1.25 bits per heavy atom. The summed E-state index contributed by atoms with van der Waals surface area (Å²) in [5.74, 6) is -0.740. The number of nitrogens with two attached hydrogens (primary N) is 1. The molecule has 124 valence electrons. The van der Waals surface area contributed by atoms with Gasteiger partial charge in [0.05, 0.1) is 10.9 Å². The van der Waals surface area contributed by atoms with Crippen LogP contribution in [0, 0.1) is 11.6 Å². The van der Waals surface area contributed by atoms with E-state index in [1.54, 1.807) is 25.1 Å². The molecule has 0 amide bonds. The summed E-state index contributed by atoms with van der Waals surface area (Å²) in [5.41, 5.74) is 0.651. The maximum atomic E-state index is 13.8. The number of rotatable bonds is 4. The molecule has 24 heavy (non-hydrogen) atoms. The fraction of sp³-hybridized carbons (Fsp3) is 0.176. The van der Waals surface area contributed by atoms with Crippen LogP contribution in [0.1, 0.15) is 24.4 Å². The van der Waals surface area contributed by atoms with Gasteiger partial charge in [0.25, 0.3) is 5.56 Å². The van der Waals surface area contributed by atoms with Crippen LogP contribution in [-0.4, -0.2) is 9.97 Å². The Hall–Kier alpha value is -2.31. The molecule has 0 aliphatic heterocycles. The van der Waals surface area contributed by atoms with Crippen molar-refractivity contribution in [2.24, 2.45) is 0 Å². The first-order chi connectivity index (χ1) is 11.4. The minimum atomic E-state index is -0.610. The van der Waals surface area contributed by atoms with Gasteiger partial charge in [-0.3, -0.25) is 4.79 Å². The number of aromatic amines is 1. The van der Waals surface area contributed by atoms with Gasteiger partial charge in [-0.1, -0.05) is 11.6 Å². The van der Waals surface area contributed by atoms with E-state index in [9.17, 15) is 13.6 Å². The van der Waals surface area contributed by atoms with E-state index in [1.807, 2.05) is 5.32 Å². The van der Waals surface area contributed by atoms with Crippen LogP contribution in [0.5, 0.6) is 0 Å². The second-order valence-corrected chi connectivity index (χ2v) is 6.00. The second-order valence-electron chi connectivity index (χ2n) is 5.57. The lowest BCUT2D eigenvalue weighted by Gasteiger charge is -2.12. The zero-order valence-electron chi connectivity index (χ0n) is 12.8. The van der Waals surface area contributed by atoms with Gasteiger partial charge >= 0.3 is 0 Å². The van der Waals surface area contributed by atoms with Crippen molar-refractivity contribution < 1.29 is 14.1 Å². The lowest BCUT2D eigenvalue weighted by Crippen LogP contribution is -2.83. The second kappa shape index (κ2) is 6.67. The quantitative estimate of drug-likeness (QED) is 0.760. The number of hydrogen-bond donors (Lipinski definition) is 2. The summed E-state index contributed by atoms with van der Waals surface area (Å²) < 4.78 is 26.8. The van der Waals surface area contributed by atoms with Crippen LogP contribution in [-0.2, 0) is 6.54 Å². The Labute approximate surface area is 141 Å². The van der Waals surface area contributed by atoms with Gasteiger partial charge in [-0.25, -0.2) is 13.8 Å². The Balaban J connectivity index is 1.81. The highest BCUT2D eigenvalue weighted by Crippen LogP contribution is 2.16. The predicted molar refractivity (Wildman–Crippen MR) is 87.8 cm³/mol. The lowest BCUT2D eigenvalue weighted by molar-refractivity contribution is -0.709. The van der Waals surface area contributed by atoms with Crippen molar-refractivity contribution in [3.05, 3.63) is 74.8 Å². The zero-order chi connectivity index (χ0) is 17.3. The number of benzene rings is 2. The fourth-order valence-corrected chi connectivity index (χ4v) is 2.71. The topological polar surface area (TPSA) is 62.4 Å². The van der Waals surface area contributed by atoms with Crippen LogP contribution in [0.3, 0.4) is 0 Å². The molecular formula is C17H15ClF2N3O+. The third kappa shape index (κ3) is 3.44. The highest BCUT2D eigenvalue weighted by atomic mass is 35.5. The molecule has 2 aromatic carbocycles. The molecule has 4 nitrogen and oxygen atoms in total. The largest absolute Gasteiger partial charge is 0.334 e. The Kier molecular flexibility index (Phi) is 4.59. The number of halogens is 3. The van der Waals surface area contributed by atoms with E-state index in [2.05, 4.69) is 9.97 Å². The van der Waals surface area contributed by atoms with Gasteiger partial charge in [0.15, 0.2) is 5.82 Å². The number of hydrogen-bond acceptors (Lipinski definition) is 2. The molecule has 0 unspecified atom stereocenters. The third-order valence-electron chi connectivity index (χ3n) is 3.84. The normalized spacial score (nSPS) is 12.5. The SMILES string of the molecule is C[C@@H]([NH2+]Cc1nc2cc(Cl)ccc2c(=O)[nH]1)c1ccc(F)cc1F.